The molecule has 150 valence electrons. The number of fused-ring (bicyclic) bond motifs is 5. The van der Waals surface area contributed by atoms with Gasteiger partial charge in [0.05, 0.1) is 0 Å². The van der Waals surface area contributed by atoms with Gasteiger partial charge in [-0.1, -0.05) is 38.8 Å². The first-order valence-electron chi connectivity index (χ1n) is 11.4. The van der Waals surface area contributed by atoms with Crippen molar-refractivity contribution >= 4 is 11.9 Å². The highest BCUT2D eigenvalue weighted by atomic mass is 19.1. The van der Waals surface area contributed by atoms with E-state index in [0.29, 0.717) is 23.0 Å². The summed E-state index contributed by atoms with van der Waals surface area (Å²) in [5.74, 6) is 3.00. The van der Waals surface area contributed by atoms with Crippen LogP contribution in [0.4, 0.5) is 4.39 Å². The van der Waals surface area contributed by atoms with Gasteiger partial charge < -0.3 is 0 Å². The van der Waals surface area contributed by atoms with Crippen LogP contribution in [0, 0.1) is 40.3 Å². The molecule has 1 nitrogen and oxygen atoms in total. The van der Waals surface area contributed by atoms with Crippen LogP contribution in [0.2, 0.25) is 0 Å². The number of rotatable bonds is 1. The first-order valence-corrected chi connectivity index (χ1v) is 11.4. The van der Waals surface area contributed by atoms with Crippen LogP contribution in [-0.4, -0.2) is 5.78 Å². The highest BCUT2D eigenvalue weighted by Gasteiger charge is 2.60. The average Bonchev–Trinajstić information content (AvgIpc) is 2.92. The number of carbonyl (C=O) groups excluding carboxylic acids is 1. The van der Waals surface area contributed by atoms with Gasteiger partial charge in [0.1, 0.15) is 5.82 Å². The van der Waals surface area contributed by atoms with Gasteiger partial charge in [0.25, 0.3) is 0 Å². The third-order valence-corrected chi connectivity index (χ3v) is 9.41. The Morgan fingerprint density at radius 1 is 1.04 bits per heavy atom. The maximum absolute atomic E-state index is 13.6. The summed E-state index contributed by atoms with van der Waals surface area (Å²) < 4.78 is 13.6. The lowest BCUT2D eigenvalue weighted by atomic mass is 9.45. The number of carbonyl (C=O) groups is 1. The molecule has 0 aliphatic heterocycles. The predicted molar refractivity (Wildman–Crippen MR) is 111 cm³/mol. The van der Waals surface area contributed by atoms with Crippen LogP contribution in [0.5, 0.6) is 0 Å². The van der Waals surface area contributed by atoms with Crippen LogP contribution in [0.3, 0.4) is 0 Å². The number of Topliss-reactive ketones (excluding diaryl/α,β-unsaturated/α-hetero) is 1. The third-order valence-electron chi connectivity index (χ3n) is 9.41. The average molecular weight is 381 g/mol. The molecule has 4 saturated carbocycles. The second-order valence-corrected chi connectivity index (χ2v) is 10.6. The second-order valence-electron chi connectivity index (χ2n) is 10.6. The topological polar surface area (TPSA) is 17.1 Å². The van der Waals surface area contributed by atoms with Crippen molar-refractivity contribution < 1.29 is 9.18 Å². The van der Waals surface area contributed by atoms with Crippen molar-refractivity contribution in [2.24, 2.45) is 34.5 Å². The molecule has 0 aromatic heterocycles. The molecule has 6 atom stereocenters. The highest BCUT2D eigenvalue weighted by Crippen LogP contribution is 2.66. The lowest BCUT2D eigenvalue weighted by molar-refractivity contribution is -0.137. The predicted octanol–water partition coefficient (Wildman–Crippen LogP) is 6.82. The SMILES string of the molecule is C[C@]12CCCCC1CCC1C2CC[C@]2(C)C(=O)/C(=C/c3cccc(F)c3)CC12. The lowest BCUT2D eigenvalue weighted by Crippen LogP contribution is -2.52. The van der Waals surface area contributed by atoms with E-state index in [-0.39, 0.29) is 11.2 Å². The van der Waals surface area contributed by atoms with Gasteiger partial charge in [-0.05, 0) is 103 Å². The Bertz CT molecular complexity index is 825. The van der Waals surface area contributed by atoms with Crippen LogP contribution < -0.4 is 0 Å². The van der Waals surface area contributed by atoms with Crippen molar-refractivity contribution in [3.63, 3.8) is 0 Å². The zero-order chi connectivity index (χ0) is 19.5. The maximum Gasteiger partial charge on any atom is 0.165 e. The maximum atomic E-state index is 13.6. The smallest absolute Gasteiger partial charge is 0.165 e. The quantitative estimate of drug-likeness (QED) is 0.488. The van der Waals surface area contributed by atoms with Gasteiger partial charge in [-0.25, -0.2) is 4.39 Å². The molecule has 4 unspecified atom stereocenters. The zero-order valence-electron chi connectivity index (χ0n) is 17.3. The van der Waals surface area contributed by atoms with Gasteiger partial charge in [-0.2, -0.15) is 0 Å². The molecule has 4 fully saturated rings. The zero-order valence-corrected chi connectivity index (χ0v) is 17.3. The molecule has 2 heteroatoms. The highest BCUT2D eigenvalue weighted by molar-refractivity contribution is 6.05. The molecule has 1 aromatic rings. The summed E-state index contributed by atoms with van der Waals surface area (Å²) in [4.78, 5) is 13.4. The van der Waals surface area contributed by atoms with E-state index in [0.717, 1.165) is 35.8 Å². The summed E-state index contributed by atoms with van der Waals surface area (Å²) in [6.07, 6.45) is 13.4. The molecule has 0 bridgehead atoms. The third kappa shape index (κ3) is 2.66. The van der Waals surface area contributed by atoms with Gasteiger partial charge in [-0.3, -0.25) is 4.79 Å². The van der Waals surface area contributed by atoms with Gasteiger partial charge in [0.15, 0.2) is 5.78 Å². The number of hydrogen-bond acceptors (Lipinski definition) is 1. The Morgan fingerprint density at radius 2 is 1.89 bits per heavy atom. The van der Waals surface area contributed by atoms with Crippen LogP contribution >= 0.6 is 0 Å². The van der Waals surface area contributed by atoms with Crippen molar-refractivity contribution in [2.45, 2.75) is 71.6 Å². The lowest BCUT2D eigenvalue weighted by Gasteiger charge is -2.59. The van der Waals surface area contributed by atoms with E-state index in [2.05, 4.69) is 13.8 Å². The van der Waals surface area contributed by atoms with Crippen molar-refractivity contribution in [3.05, 3.63) is 41.2 Å². The molecule has 1 aromatic carbocycles. The Balaban J connectivity index is 1.46. The van der Waals surface area contributed by atoms with E-state index in [1.54, 1.807) is 12.1 Å². The Morgan fingerprint density at radius 3 is 2.71 bits per heavy atom. The minimum absolute atomic E-state index is 0.196. The summed E-state index contributed by atoms with van der Waals surface area (Å²) in [6.45, 7) is 4.81. The van der Waals surface area contributed by atoms with Crippen molar-refractivity contribution in [1.29, 1.82) is 0 Å². The fourth-order valence-electron chi connectivity index (χ4n) is 7.89. The Kier molecular flexibility index (Phi) is 4.34. The summed E-state index contributed by atoms with van der Waals surface area (Å²) >= 11 is 0. The molecule has 5 rings (SSSR count). The minimum Gasteiger partial charge on any atom is -0.294 e. The summed E-state index contributed by atoms with van der Waals surface area (Å²) in [5.41, 5.74) is 2.07. The van der Waals surface area contributed by atoms with Gasteiger partial charge in [-0.15, -0.1) is 0 Å². The molecule has 4 aliphatic carbocycles. The minimum atomic E-state index is -0.230. The van der Waals surface area contributed by atoms with Gasteiger partial charge in [0.2, 0.25) is 0 Å². The van der Waals surface area contributed by atoms with Gasteiger partial charge in [0, 0.05) is 5.41 Å². The normalized spacial score (nSPS) is 44.1. The monoisotopic (exact) mass is 380 g/mol. The summed E-state index contributed by atoms with van der Waals surface area (Å²) in [5, 5.41) is 0. The van der Waals surface area contributed by atoms with E-state index in [4.69, 9.17) is 0 Å². The van der Waals surface area contributed by atoms with Crippen LogP contribution in [0.15, 0.2) is 29.8 Å². The van der Waals surface area contributed by atoms with E-state index in [1.165, 1.54) is 51.0 Å². The summed E-state index contributed by atoms with van der Waals surface area (Å²) in [7, 11) is 0. The number of halogens is 1. The molecule has 0 amide bonds. The molecular weight excluding hydrogens is 347 g/mol. The van der Waals surface area contributed by atoms with Crippen molar-refractivity contribution in [2.75, 3.05) is 0 Å². The second kappa shape index (κ2) is 6.54. The molecule has 0 radical (unpaired) electrons. The number of ketones is 1. The standard InChI is InChI=1S/C26H33FO/c1-25-12-4-3-7-19(25)9-10-21-22(25)11-13-26(2)23(21)16-18(24(26)28)14-17-6-5-8-20(27)15-17/h5-6,8,14-15,19,21-23H,3-4,7,9-13,16H2,1-2H3/b18-14+/t19?,21?,22?,23?,25-,26-/m0/s1. The Hall–Kier alpha value is -1.44. The first kappa shape index (κ1) is 18.6. The Labute approximate surface area is 168 Å². The van der Waals surface area contributed by atoms with E-state index in [1.807, 2.05) is 12.1 Å². The van der Waals surface area contributed by atoms with Crippen LogP contribution in [0.1, 0.15) is 77.2 Å². The van der Waals surface area contributed by atoms with E-state index in [9.17, 15) is 9.18 Å². The molecule has 0 spiro atoms. The fraction of sp³-hybridized carbons (Fsp3) is 0.654. The summed E-state index contributed by atoms with van der Waals surface area (Å²) in [6, 6.07) is 6.65. The number of benzene rings is 1. The van der Waals surface area contributed by atoms with Crippen LogP contribution in [-0.2, 0) is 4.79 Å². The number of hydrogen-bond donors (Lipinski definition) is 0. The molecule has 0 saturated heterocycles. The van der Waals surface area contributed by atoms with E-state index >= 15 is 0 Å². The van der Waals surface area contributed by atoms with E-state index < -0.39 is 0 Å². The molecule has 4 aliphatic rings. The largest absolute Gasteiger partial charge is 0.294 e. The van der Waals surface area contributed by atoms with Crippen LogP contribution in [0.25, 0.3) is 6.08 Å². The molecular formula is C26H33FO. The molecule has 0 heterocycles. The van der Waals surface area contributed by atoms with Crippen molar-refractivity contribution in [1.82, 2.24) is 0 Å². The van der Waals surface area contributed by atoms with Gasteiger partial charge >= 0.3 is 0 Å². The van der Waals surface area contributed by atoms with Crippen molar-refractivity contribution in [3.8, 4) is 0 Å². The molecule has 28 heavy (non-hydrogen) atoms. The fourth-order valence-corrected chi connectivity index (χ4v) is 7.89. The molecule has 0 N–H and O–H groups in total. The first-order chi connectivity index (χ1) is 13.4. The number of allylic oxidation sites excluding steroid dienone is 1.